The van der Waals surface area contributed by atoms with E-state index in [4.69, 9.17) is 0 Å². The number of hydrogen-bond donors (Lipinski definition) is 1. The molecule has 92 valence electrons. The highest BCUT2D eigenvalue weighted by Crippen LogP contribution is 2.38. The van der Waals surface area contributed by atoms with E-state index in [9.17, 15) is 0 Å². The summed E-state index contributed by atoms with van der Waals surface area (Å²) < 4.78 is 0. The molecule has 0 spiro atoms. The fourth-order valence-corrected chi connectivity index (χ4v) is 2.95. The van der Waals surface area contributed by atoms with E-state index in [0.717, 1.165) is 6.42 Å². The van der Waals surface area contributed by atoms with Crippen LogP contribution in [0, 0.1) is 6.92 Å². The van der Waals surface area contributed by atoms with E-state index >= 15 is 0 Å². The Hall–Kier alpha value is -1.67. The largest absolute Gasteiger partial charge is 0.313 e. The fraction of sp³-hybridized carbons (Fsp3) is 0.312. The predicted molar refractivity (Wildman–Crippen MR) is 74.5 cm³/mol. The van der Waals surface area contributed by atoms with E-state index in [2.05, 4.69) is 41.5 Å². The summed E-state index contributed by atoms with van der Waals surface area (Å²) in [6.07, 6.45) is 6.20. The number of nitrogens with one attached hydrogen (secondary N) is 1. The minimum Gasteiger partial charge on any atom is -0.313 e. The van der Waals surface area contributed by atoms with Crippen LogP contribution in [0.4, 0.5) is 0 Å². The molecule has 1 N–H and O–H groups in total. The Morgan fingerprint density at radius 3 is 2.89 bits per heavy atom. The number of hydrogen-bond acceptors (Lipinski definition) is 2. The first-order valence-corrected chi connectivity index (χ1v) is 6.51. The zero-order valence-electron chi connectivity index (χ0n) is 10.9. The van der Waals surface area contributed by atoms with Crippen molar-refractivity contribution >= 4 is 0 Å². The molecular formula is C16H18N2. The second-order valence-electron chi connectivity index (χ2n) is 4.94. The molecule has 0 saturated heterocycles. The number of pyridine rings is 1. The van der Waals surface area contributed by atoms with Crippen LogP contribution in [-0.4, -0.2) is 12.0 Å². The number of fused-ring (bicyclic) bond motifs is 1. The molecule has 0 aliphatic heterocycles. The lowest BCUT2D eigenvalue weighted by Gasteiger charge is -2.13. The second-order valence-corrected chi connectivity index (χ2v) is 4.94. The first-order chi connectivity index (χ1) is 8.81. The van der Waals surface area contributed by atoms with E-state index in [1.54, 1.807) is 0 Å². The average Bonchev–Trinajstić information content (AvgIpc) is 2.82. The summed E-state index contributed by atoms with van der Waals surface area (Å²) in [5, 5.41) is 3.40. The quantitative estimate of drug-likeness (QED) is 0.868. The van der Waals surface area contributed by atoms with Gasteiger partial charge in [0.15, 0.2) is 0 Å². The molecule has 2 aromatic rings. The van der Waals surface area contributed by atoms with Crippen LogP contribution in [0.1, 0.15) is 29.2 Å². The molecular weight excluding hydrogens is 220 g/mol. The van der Waals surface area contributed by atoms with Crippen LogP contribution in [0.15, 0.2) is 36.7 Å². The lowest BCUT2D eigenvalue weighted by atomic mass is 9.95. The van der Waals surface area contributed by atoms with Gasteiger partial charge in [-0.3, -0.25) is 4.98 Å². The molecule has 2 heteroatoms. The number of aryl methyl sites for hydroxylation is 1. The van der Waals surface area contributed by atoms with Gasteiger partial charge in [-0.15, -0.1) is 0 Å². The zero-order valence-corrected chi connectivity index (χ0v) is 10.9. The maximum atomic E-state index is 4.27. The molecule has 0 bridgehead atoms. The molecule has 2 nitrogen and oxygen atoms in total. The standard InChI is InChI=1S/C16H18N2/c1-11-8-9-18-10-15(11)12-4-3-5-14-13(12)6-7-16(14)17-2/h3-5,8-10,16-17H,6-7H2,1-2H3. The van der Waals surface area contributed by atoms with Crippen LogP contribution in [0.2, 0.25) is 0 Å². The summed E-state index contributed by atoms with van der Waals surface area (Å²) in [5.74, 6) is 0. The lowest BCUT2D eigenvalue weighted by molar-refractivity contribution is 0.590. The van der Waals surface area contributed by atoms with Crippen molar-refractivity contribution in [2.24, 2.45) is 0 Å². The van der Waals surface area contributed by atoms with Gasteiger partial charge in [0.25, 0.3) is 0 Å². The van der Waals surface area contributed by atoms with Gasteiger partial charge in [0.05, 0.1) is 0 Å². The molecule has 0 radical (unpaired) electrons. The molecule has 0 fully saturated rings. The monoisotopic (exact) mass is 238 g/mol. The number of rotatable bonds is 2. The van der Waals surface area contributed by atoms with Crippen LogP contribution in [0.25, 0.3) is 11.1 Å². The highest BCUT2D eigenvalue weighted by atomic mass is 14.9. The van der Waals surface area contributed by atoms with Gasteiger partial charge in [0.2, 0.25) is 0 Å². The van der Waals surface area contributed by atoms with Crippen molar-refractivity contribution in [3.05, 3.63) is 53.3 Å². The maximum Gasteiger partial charge on any atom is 0.0349 e. The van der Waals surface area contributed by atoms with E-state index < -0.39 is 0 Å². The van der Waals surface area contributed by atoms with Crippen molar-refractivity contribution < 1.29 is 0 Å². The van der Waals surface area contributed by atoms with Crippen molar-refractivity contribution in [2.75, 3.05) is 7.05 Å². The van der Waals surface area contributed by atoms with Gasteiger partial charge in [0, 0.05) is 24.0 Å². The highest BCUT2D eigenvalue weighted by Gasteiger charge is 2.23. The van der Waals surface area contributed by atoms with Gasteiger partial charge in [-0.2, -0.15) is 0 Å². The molecule has 1 aliphatic rings. The molecule has 1 unspecified atom stereocenters. The Kier molecular flexibility index (Phi) is 2.88. The van der Waals surface area contributed by atoms with Crippen LogP contribution in [-0.2, 0) is 6.42 Å². The molecule has 1 aromatic carbocycles. The van der Waals surface area contributed by atoms with Crippen LogP contribution in [0.3, 0.4) is 0 Å². The third kappa shape index (κ3) is 1.73. The normalized spacial score (nSPS) is 17.8. The Balaban J connectivity index is 2.16. The van der Waals surface area contributed by atoms with Crippen molar-refractivity contribution in [1.82, 2.24) is 10.3 Å². The Labute approximate surface area is 108 Å². The van der Waals surface area contributed by atoms with Crippen molar-refractivity contribution in [2.45, 2.75) is 25.8 Å². The summed E-state index contributed by atoms with van der Waals surface area (Å²) >= 11 is 0. The topological polar surface area (TPSA) is 24.9 Å². The van der Waals surface area contributed by atoms with E-state index in [1.165, 1.54) is 34.2 Å². The zero-order chi connectivity index (χ0) is 12.5. The molecule has 0 saturated carbocycles. The lowest BCUT2D eigenvalue weighted by Crippen LogP contribution is -2.12. The Bertz CT molecular complexity index is 575. The highest BCUT2D eigenvalue weighted by molar-refractivity contribution is 5.71. The summed E-state index contributed by atoms with van der Waals surface area (Å²) in [5.41, 5.74) is 6.87. The third-order valence-electron chi connectivity index (χ3n) is 3.95. The number of benzene rings is 1. The Morgan fingerprint density at radius 2 is 2.11 bits per heavy atom. The van der Waals surface area contributed by atoms with E-state index in [1.807, 2.05) is 19.4 Å². The maximum absolute atomic E-state index is 4.27. The number of nitrogens with zero attached hydrogens (tertiary/aromatic N) is 1. The van der Waals surface area contributed by atoms with Crippen LogP contribution in [0.5, 0.6) is 0 Å². The van der Waals surface area contributed by atoms with E-state index in [0.29, 0.717) is 6.04 Å². The first-order valence-electron chi connectivity index (χ1n) is 6.51. The van der Waals surface area contributed by atoms with Gasteiger partial charge >= 0.3 is 0 Å². The van der Waals surface area contributed by atoms with Gasteiger partial charge < -0.3 is 5.32 Å². The van der Waals surface area contributed by atoms with Crippen molar-refractivity contribution in [1.29, 1.82) is 0 Å². The summed E-state index contributed by atoms with van der Waals surface area (Å²) in [7, 11) is 2.04. The van der Waals surface area contributed by atoms with Crippen LogP contribution >= 0.6 is 0 Å². The number of aromatic nitrogens is 1. The minimum atomic E-state index is 0.511. The van der Waals surface area contributed by atoms with Gasteiger partial charge in [0.1, 0.15) is 0 Å². The molecule has 3 rings (SSSR count). The average molecular weight is 238 g/mol. The fourth-order valence-electron chi connectivity index (χ4n) is 2.95. The predicted octanol–water partition coefficient (Wildman–Crippen LogP) is 3.26. The van der Waals surface area contributed by atoms with E-state index in [-0.39, 0.29) is 0 Å². The first kappa shape index (κ1) is 11.4. The summed E-state index contributed by atoms with van der Waals surface area (Å²) in [6.45, 7) is 2.15. The second kappa shape index (κ2) is 4.54. The van der Waals surface area contributed by atoms with Gasteiger partial charge in [-0.1, -0.05) is 18.2 Å². The molecule has 1 aromatic heterocycles. The summed E-state index contributed by atoms with van der Waals surface area (Å²) in [4.78, 5) is 4.27. The van der Waals surface area contributed by atoms with Crippen molar-refractivity contribution in [3.8, 4) is 11.1 Å². The SMILES string of the molecule is CNC1CCc2c(-c3cnccc3C)cccc21. The van der Waals surface area contributed by atoms with Gasteiger partial charge in [-0.05, 0) is 55.1 Å². The van der Waals surface area contributed by atoms with Crippen LogP contribution < -0.4 is 5.32 Å². The third-order valence-corrected chi connectivity index (χ3v) is 3.95. The summed E-state index contributed by atoms with van der Waals surface area (Å²) in [6, 6.07) is 9.23. The smallest absolute Gasteiger partial charge is 0.0349 e. The molecule has 1 heterocycles. The minimum absolute atomic E-state index is 0.511. The van der Waals surface area contributed by atoms with Crippen molar-refractivity contribution in [3.63, 3.8) is 0 Å². The molecule has 0 amide bonds. The molecule has 18 heavy (non-hydrogen) atoms. The molecule has 1 aliphatic carbocycles. The Morgan fingerprint density at radius 1 is 1.22 bits per heavy atom. The molecule has 1 atom stereocenters. The van der Waals surface area contributed by atoms with Gasteiger partial charge in [-0.25, -0.2) is 0 Å².